The third kappa shape index (κ3) is 4.31. The summed E-state index contributed by atoms with van der Waals surface area (Å²) in [5.74, 6) is -0.664. The number of esters is 1. The highest BCUT2D eigenvalue weighted by atomic mass is 19.1. The molecule has 0 N–H and O–H groups in total. The van der Waals surface area contributed by atoms with Crippen LogP contribution < -0.4 is 4.74 Å². The smallest absolute Gasteiger partial charge is 0.302 e. The zero-order valence-electron chi connectivity index (χ0n) is 12.1. The summed E-state index contributed by atoms with van der Waals surface area (Å²) in [5, 5.41) is 0. The lowest BCUT2D eigenvalue weighted by molar-refractivity contribution is -0.141. The quantitative estimate of drug-likeness (QED) is 0.621. The molecule has 21 heavy (non-hydrogen) atoms. The third-order valence-electron chi connectivity index (χ3n) is 2.96. The molecule has 0 heterocycles. The van der Waals surface area contributed by atoms with Gasteiger partial charge in [-0.1, -0.05) is 35.9 Å². The molecule has 0 spiro atoms. The summed E-state index contributed by atoms with van der Waals surface area (Å²) in [6.07, 6.45) is 0. The van der Waals surface area contributed by atoms with Gasteiger partial charge in [0.1, 0.15) is 13.2 Å². The second-order valence-electron chi connectivity index (χ2n) is 4.70. The lowest BCUT2D eigenvalue weighted by Gasteiger charge is -2.09. The Kier molecular flexibility index (Phi) is 4.93. The van der Waals surface area contributed by atoms with E-state index in [0.29, 0.717) is 0 Å². The minimum absolute atomic E-state index is 0.106. The largest absolute Gasteiger partial charge is 0.487 e. The van der Waals surface area contributed by atoms with Crippen molar-refractivity contribution in [1.29, 1.82) is 0 Å². The highest BCUT2D eigenvalue weighted by molar-refractivity contribution is 5.66. The molecule has 2 aromatic carbocycles. The fourth-order valence-corrected chi connectivity index (χ4v) is 1.88. The second kappa shape index (κ2) is 6.88. The van der Waals surface area contributed by atoms with Crippen LogP contribution >= 0.6 is 0 Å². The average molecular weight is 288 g/mol. The number of aryl methyl sites for hydroxylation is 1. The number of halogens is 1. The summed E-state index contributed by atoms with van der Waals surface area (Å²) in [6, 6.07) is 12.7. The summed E-state index contributed by atoms with van der Waals surface area (Å²) in [4.78, 5) is 10.6. The molecule has 110 valence electrons. The molecule has 3 nitrogen and oxygen atoms in total. The Balaban J connectivity index is 2.03. The van der Waals surface area contributed by atoms with Gasteiger partial charge in [-0.25, -0.2) is 4.39 Å². The van der Waals surface area contributed by atoms with E-state index in [-0.39, 0.29) is 24.9 Å². The summed E-state index contributed by atoms with van der Waals surface area (Å²) >= 11 is 0. The number of ether oxygens (including phenoxy) is 2. The second-order valence-corrected chi connectivity index (χ2v) is 4.70. The van der Waals surface area contributed by atoms with E-state index >= 15 is 0 Å². The molecular weight excluding hydrogens is 271 g/mol. The minimum Gasteiger partial charge on any atom is -0.487 e. The van der Waals surface area contributed by atoms with E-state index in [1.165, 1.54) is 13.0 Å². The molecule has 0 amide bonds. The molecule has 2 aromatic rings. The number of carbonyl (C=O) groups is 1. The van der Waals surface area contributed by atoms with Crippen LogP contribution in [0.25, 0.3) is 11.1 Å². The van der Waals surface area contributed by atoms with E-state index < -0.39 is 5.82 Å². The maximum atomic E-state index is 14.0. The summed E-state index contributed by atoms with van der Waals surface area (Å²) in [7, 11) is 0. The average Bonchev–Trinajstić information content (AvgIpc) is 2.45. The van der Waals surface area contributed by atoms with Gasteiger partial charge in [-0.2, -0.15) is 0 Å². The van der Waals surface area contributed by atoms with Gasteiger partial charge in [-0.05, 0) is 30.2 Å². The Labute approximate surface area is 123 Å². The number of benzene rings is 2. The fraction of sp³-hybridized carbons (Fsp3) is 0.235. The SMILES string of the molecule is CC(=O)OCCOc1ccc(-c2ccc(C)cc2)cc1F. The van der Waals surface area contributed by atoms with E-state index in [4.69, 9.17) is 9.47 Å². The predicted octanol–water partition coefficient (Wildman–Crippen LogP) is 3.74. The van der Waals surface area contributed by atoms with E-state index in [1.807, 2.05) is 31.2 Å². The van der Waals surface area contributed by atoms with Crippen LogP contribution in [-0.2, 0) is 9.53 Å². The van der Waals surface area contributed by atoms with Gasteiger partial charge in [-0.15, -0.1) is 0 Å². The topological polar surface area (TPSA) is 35.5 Å². The van der Waals surface area contributed by atoms with Gasteiger partial charge in [-0.3, -0.25) is 4.79 Å². The lowest BCUT2D eigenvalue weighted by atomic mass is 10.0. The zero-order chi connectivity index (χ0) is 15.2. The van der Waals surface area contributed by atoms with Crippen LogP contribution in [0.3, 0.4) is 0 Å². The van der Waals surface area contributed by atoms with E-state index in [1.54, 1.807) is 12.1 Å². The van der Waals surface area contributed by atoms with E-state index in [2.05, 4.69) is 0 Å². The van der Waals surface area contributed by atoms with E-state index in [0.717, 1.165) is 16.7 Å². The van der Waals surface area contributed by atoms with Crippen LogP contribution in [0, 0.1) is 12.7 Å². The van der Waals surface area contributed by atoms with Crippen LogP contribution in [0.4, 0.5) is 4.39 Å². The molecule has 2 rings (SSSR count). The van der Waals surface area contributed by atoms with Crippen LogP contribution in [0.5, 0.6) is 5.75 Å². The normalized spacial score (nSPS) is 10.2. The van der Waals surface area contributed by atoms with Gasteiger partial charge in [0.25, 0.3) is 0 Å². The van der Waals surface area contributed by atoms with Crippen molar-refractivity contribution in [3.63, 3.8) is 0 Å². The van der Waals surface area contributed by atoms with Crippen molar-refractivity contribution in [1.82, 2.24) is 0 Å². The van der Waals surface area contributed by atoms with Crippen LogP contribution in [0.15, 0.2) is 42.5 Å². The van der Waals surface area contributed by atoms with Crippen molar-refractivity contribution in [3.8, 4) is 16.9 Å². The van der Waals surface area contributed by atoms with Crippen molar-refractivity contribution in [2.45, 2.75) is 13.8 Å². The standard InChI is InChI=1S/C17H17FO3/c1-12-3-5-14(6-4-12)15-7-8-17(16(18)11-15)21-10-9-20-13(2)19/h3-8,11H,9-10H2,1-2H3. The van der Waals surface area contributed by atoms with Crippen molar-refractivity contribution in [3.05, 3.63) is 53.8 Å². The number of carbonyl (C=O) groups excluding carboxylic acids is 1. The molecule has 0 atom stereocenters. The molecule has 0 fully saturated rings. The van der Waals surface area contributed by atoms with Gasteiger partial charge in [0.15, 0.2) is 11.6 Å². The number of hydrogen-bond donors (Lipinski definition) is 0. The summed E-state index contributed by atoms with van der Waals surface area (Å²) < 4.78 is 23.9. The van der Waals surface area contributed by atoms with Crippen LogP contribution in [0.2, 0.25) is 0 Å². The Morgan fingerprint density at radius 2 is 1.71 bits per heavy atom. The first kappa shape index (κ1) is 15.0. The van der Waals surface area contributed by atoms with Crippen LogP contribution in [0.1, 0.15) is 12.5 Å². The maximum Gasteiger partial charge on any atom is 0.302 e. The molecule has 0 bridgehead atoms. The minimum atomic E-state index is -0.434. The molecule has 0 aliphatic rings. The zero-order valence-corrected chi connectivity index (χ0v) is 12.1. The molecule has 0 aromatic heterocycles. The molecule has 0 aliphatic heterocycles. The van der Waals surface area contributed by atoms with Gasteiger partial charge >= 0.3 is 5.97 Å². The molecular formula is C17H17FO3. The first-order valence-electron chi connectivity index (χ1n) is 6.69. The Bertz CT molecular complexity index is 620. The Morgan fingerprint density at radius 3 is 2.33 bits per heavy atom. The van der Waals surface area contributed by atoms with Crippen LogP contribution in [-0.4, -0.2) is 19.2 Å². The van der Waals surface area contributed by atoms with Gasteiger partial charge in [0.2, 0.25) is 0 Å². The monoisotopic (exact) mass is 288 g/mol. The number of rotatable bonds is 5. The van der Waals surface area contributed by atoms with E-state index in [9.17, 15) is 9.18 Å². The molecule has 0 saturated heterocycles. The molecule has 0 aliphatic carbocycles. The molecule has 0 saturated carbocycles. The third-order valence-corrected chi connectivity index (χ3v) is 2.96. The Hall–Kier alpha value is -2.36. The highest BCUT2D eigenvalue weighted by Crippen LogP contribution is 2.25. The maximum absolute atomic E-state index is 14.0. The predicted molar refractivity (Wildman–Crippen MR) is 78.7 cm³/mol. The first-order valence-corrected chi connectivity index (χ1v) is 6.69. The molecule has 4 heteroatoms. The van der Waals surface area contributed by atoms with Gasteiger partial charge in [0, 0.05) is 6.92 Å². The Morgan fingerprint density at radius 1 is 1.05 bits per heavy atom. The first-order chi connectivity index (χ1) is 10.1. The van der Waals surface area contributed by atoms with Gasteiger partial charge < -0.3 is 9.47 Å². The molecule has 0 radical (unpaired) electrons. The summed E-state index contributed by atoms with van der Waals surface area (Å²) in [5.41, 5.74) is 2.90. The lowest BCUT2D eigenvalue weighted by Crippen LogP contribution is -2.10. The van der Waals surface area contributed by atoms with Crippen molar-refractivity contribution in [2.75, 3.05) is 13.2 Å². The summed E-state index contributed by atoms with van der Waals surface area (Å²) in [6.45, 7) is 3.55. The van der Waals surface area contributed by atoms with Crippen molar-refractivity contribution in [2.24, 2.45) is 0 Å². The van der Waals surface area contributed by atoms with Gasteiger partial charge in [0.05, 0.1) is 0 Å². The highest BCUT2D eigenvalue weighted by Gasteiger charge is 2.06. The molecule has 0 unspecified atom stereocenters. The van der Waals surface area contributed by atoms with Crippen molar-refractivity contribution >= 4 is 5.97 Å². The number of hydrogen-bond acceptors (Lipinski definition) is 3. The fourth-order valence-electron chi connectivity index (χ4n) is 1.88. The van der Waals surface area contributed by atoms with Crippen molar-refractivity contribution < 1.29 is 18.7 Å².